The van der Waals surface area contributed by atoms with Crippen LogP contribution in [-0.2, 0) is 0 Å². The van der Waals surface area contributed by atoms with Crippen molar-refractivity contribution in [1.82, 2.24) is 0 Å². The van der Waals surface area contributed by atoms with E-state index in [1.54, 1.807) is 25.1 Å². The summed E-state index contributed by atoms with van der Waals surface area (Å²) in [5, 5.41) is 1.05. The first-order valence-corrected chi connectivity index (χ1v) is 7.81. The topological polar surface area (TPSA) is 31.6 Å². The van der Waals surface area contributed by atoms with E-state index in [9.17, 15) is 8.78 Å². The molecule has 0 unspecified atom stereocenters. The van der Waals surface area contributed by atoms with Crippen LogP contribution in [0.2, 0.25) is 0 Å². The van der Waals surface area contributed by atoms with Gasteiger partial charge in [-0.25, -0.2) is 0 Å². The third kappa shape index (κ3) is 2.22. The van der Waals surface area contributed by atoms with Gasteiger partial charge in [-0.3, -0.25) is 0 Å². The zero-order valence-electron chi connectivity index (χ0n) is 12.7. The number of ether oxygens (including phenoxy) is 2. The predicted molar refractivity (Wildman–Crippen MR) is 83.1 cm³/mol. The zero-order chi connectivity index (χ0) is 16.0. The van der Waals surface area contributed by atoms with Gasteiger partial charge in [0.15, 0.2) is 22.7 Å². The van der Waals surface area contributed by atoms with Crippen molar-refractivity contribution in [3.05, 3.63) is 35.9 Å². The van der Waals surface area contributed by atoms with E-state index in [1.165, 1.54) is 6.07 Å². The van der Waals surface area contributed by atoms with Gasteiger partial charge in [-0.15, -0.1) is 0 Å². The first kappa shape index (κ1) is 14.3. The SMILES string of the molecule is CCOc1ccc2c(oc3c(F)c(OC4CCC4)ccc32)c1F. The van der Waals surface area contributed by atoms with Crippen LogP contribution in [0.5, 0.6) is 11.5 Å². The van der Waals surface area contributed by atoms with Gasteiger partial charge >= 0.3 is 0 Å². The molecule has 0 radical (unpaired) electrons. The van der Waals surface area contributed by atoms with E-state index in [4.69, 9.17) is 13.9 Å². The lowest BCUT2D eigenvalue weighted by atomic mass is 9.96. The first-order valence-electron chi connectivity index (χ1n) is 7.81. The molecule has 1 aromatic heterocycles. The van der Waals surface area contributed by atoms with Gasteiger partial charge in [0.05, 0.1) is 12.7 Å². The molecule has 0 amide bonds. The number of fused-ring (bicyclic) bond motifs is 3. The maximum absolute atomic E-state index is 14.6. The molecule has 0 saturated heterocycles. The van der Waals surface area contributed by atoms with Crippen molar-refractivity contribution in [1.29, 1.82) is 0 Å². The second kappa shape index (κ2) is 5.41. The summed E-state index contributed by atoms with van der Waals surface area (Å²) in [4.78, 5) is 0. The summed E-state index contributed by atoms with van der Waals surface area (Å²) >= 11 is 0. The second-order valence-electron chi connectivity index (χ2n) is 5.71. The Morgan fingerprint density at radius 3 is 2.17 bits per heavy atom. The van der Waals surface area contributed by atoms with Crippen LogP contribution in [0.1, 0.15) is 26.2 Å². The molecule has 1 aliphatic rings. The van der Waals surface area contributed by atoms with Crippen molar-refractivity contribution in [3.8, 4) is 11.5 Å². The number of hydrogen-bond donors (Lipinski definition) is 0. The van der Waals surface area contributed by atoms with Crippen LogP contribution < -0.4 is 9.47 Å². The molecule has 23 heavy (non-hydrogen) atoms. The first-order chi connectivity index (χ1) is 11.2. The second-order valence-corrected chi connectivity index (χ2v) is 5.71. The third-order valence-corrected chi connectivity index (χ3v) is 4.26. The van der Waals surface area contributed by atoms with Crippen LogP contribution in [0.25, 0.3) is 21.9 Å². The molecule has 0 aliphatic heterocycles. The molecule has 1 saturated carbocycles. The van der Waals surface area contributed by atoms with Gasteiger partial charge in [-0.05, 0) is 50.5 Å². The lowest BCUT2D eigenvalue weighted by molar-refractivity contribution is 0.115. The van der Waals surface area contributed by atoms with Crippen LogP contribution in [0.15, 0.2) is 28.7 Å². The molecule has 0 N–H and O–H groups in total. The van der Waals surface area contributed by atoms with Crippen LogP contribution in [0.3, 0.4) is 0 Å². The van der Waals surface area contributed by atoms with E-state index < -0.39 is 11.6 Å². The minimum atomic E-state index is -0.610. The Labute approximate surface area is 131 Å². The van der Waals surface area contributed by atoms with E-state index in [0.29, 0.717) is 17.4 Å². The maximum atomic E-state index is 14.6. The Balaban J connectivity index is 1.86. The van der Waals surface area contributed by atoms with Crippen molar-refractivity contribution >= 4 is 21.9 Å². The molecule has 5 heteroatoms. The number of benzene rings is 2. The predicted octanol–water partition coefficient (Wildman–Crippen LogP) is 5.19. The Morgan fingerprint density at radius 2 is 1.61 bits per heavy atom. The Hall–Kier alpha value is -2.30. The van der Waals surface area contributed by atoms with Gasteiger partial charge in [0.1, 0.15) is 0 Å². The molecular formula is C18H16F2O3. The molecule has 3 nitrogen and oxygen atoms in total. The molecule has 1 heterocycles. The number of furan rings is 1. The smallest absolute Gasteiger partial charge is 0.208 e. The highest BCUT2D eigenvalue weighted by Crippen LogP contribution is 2.38. The molecule has 0 spiro atoms. The molecule has 1 fully saturated rings. The van der Waals surface area contributed by atoms with Crippen molar-refractivity contribution < 1.29 is 22.7 Å². The Kier molecular flexibility index (Phi) is 3.36. The standard InChI is InChI=1S/C18H16F2O3/c1-2-21-13-8-6-11-12-7-9-14(22-10-4-3-5-10)16(20)18(12)23-17(11)15(13)19/h6-10H,2-5H2,1H3. The normalized spacial score (nSPS) is 15.1. The van der Waals surface area contributed by atoms with Crippen molar-refractivity contribution in [2.24, 2.45) is 0 Å². The monoisotopic (exact) mass is 318 g/mol. The fraction of sp³-hybridized carbons (Fsp3) is 0.333. The van der Waals surface area contributed by atoms with E-state index in [1.807, 2.05) is 0 Å². The van der Waals surface area contributed by atoms with Crippen LogP contribution in [0.4, 0.5) is 8.78 Å². The van der Waals surface area contributed by atoms with Crippen LogP contribution >= 0.6 is 0 Å². The summed E-state index contributed by atoms with van der Waals surface area (Å²) in [5.74, 6) is -0.929. The molecule has 1 aliphatic carbocycles. The van der Waals surface area contributed by atoms with Gasteiger partial charge in [0.2, 0.25) is 11.6 Å². The van der Waals surface area contributed by atoms with Gasteiger partial charge in [-0.1, -0.05) is 0 Å². The summed E-state index contributed by atoms with van der Waals surface area (Å²) in [5.41, 5.74) is 0.0232. The van der Waals surface area contributed by atoms with Crippen molar-refractivity contribution in [2.75, 3.05) is 6.61 Å². The summed E-state index contributed by atoms with van der Waals surface area (Å²) in [6.45, 7) is 2.11. The van der Waals surface area contributed by atoms with Gasteiger partial charge < -0.3 is 13.9 Å². The molecule has 0 bridgehead atoms. The highest BCUT2D eigenvalue weighted by Gasteiger charge is 2.24. The fourth-order valence-electron chi connectivity index (χ4n) is 2.83. The van der Waals surface area contributed by atoms with E-state index in [-0.39, 0.29) is 28.8 Å². The zero-order valence-corrected chi connectivity index (χ0v) is 12.7. The molecule has 4 rings (SSSR count). The number of hydrogen-bond acceptors (Lipinski definition) is 3. The van der Waals surface area contributed by atoms with E-state index in [2.05, 4.69) is 0 Å². The van der Waals surface area contributed by atoms with Gasteiger partial charge in [0, 0.05) is 10.8 Å². The summed E-state index contributed by atoms with van der Waals surface area (Å²) in [6.07, 6.45) is 3.03. The molecule has 3 aromatic rings. The lowest BCUT2D eigenvalue weighted by Gasteiger charge is -2.26. The highest BCUT2D eigenvalue weighted by molar-refractivity contribution is 6.06. The third-order valence-electron chi connectivity index (χ3n) is 4.26. The maximum Gasteiger partial charge on any atom is 0.208 e. The minimum absolute atomic E-state index is 0.00523. The highest BCUT2D eigenvalue weighted by atomic mass is 19.1. The molecule has 0 atom stereocenters. The summed E-state index contributed by atoms with van der Waals surface area (Å²) < 4.78 is 45.4. The molecule has 2 aromatic carbocycles. The lowest BCUT2D eigenvalue weighted by Crippen LogP contribution is -2.24. The van der Waals surface area contributed by atoms with E-state index in [0.717, 1.165) is 19.3 Å². The molecular weight excluding hydrogens is 302 g/mol. The Morgan fingerprint density at radius 1 is 1.00 bits per heavy atom. The largest absolute Gasteiger partial charge is 0.491 e. The van der Waals surface area contributed by atoms with Gasteiger partial charge in [-0.2, -0.15) is 8.78 Å². The Bertz CT molecular complexity index is 881. The van der Waals surface area contributed by atoms with E-state index >= 15 is 0 Å². The summed E-state index contributed by atoms with van der Waals surface area (Å²) in [7, 11) is 0. The van der Waals surface area contributed by atoms with Gasteiger partial charge in [0.25, 0.3) is 0 Å². The number of halogens is 2. The van der Waals surface area contributed by atoms with Crippen molar-refractivity contribution in [3.63, 3.8) is 0 Å². The molecule has 120 valence electrons. The quantitative estimate of drug-likeness (QED) is 0.663. The summed E-state index contributed by atoms with van der Waals surface area (Å²) in [6, 6.07) is 6.51. The minimum Gasteiger partial charge on any atom is -0.491 e. The number of rotatable bonds is 4. The fourth-order valence-corrected chi connectivity index (χ4v) is 2.83. The van der Waals surface area contributed by atoms with Crippen LogP contribution in [0, 0.1) is 11.6 Å². The van der Waals surface area contributed by atoms with Crippen molar-refractivity contribution in [2.45, 2.75) is 32.3 Å². The average molecular weight is 318 g/mol. The van der Waals surface area contributed by atoms with Crippen LogP contribution in [-0.4, -0.2) is 12.7 Å². The average Bonchev–Trinajstić information content (AvgIpc) is 2.88.